The number of sulfonamides is 1. The molecule has 9 heteroatoms. The Bertz CT molecular complexity index is 1190. The van der Waals surface area contributed by atoms with Crippen molar-refractivity contribution in [3.8, 4) is 5.75 Å². The molecule has 1 N–H and O–H groups in total. The van der Waals surface area contributed by atoms with Crippen molar-refractivity contribution in [2.45, 2.75) is 4.90 Å². The lowest BCUT2D eigenvalue weighted by Crippen LogP contribution is -2.16. The molecular weight excluding hydrogens is 425 g/mol. The van der Waals surface area contributed by atoms with Crippen molar-refractivity contribution in [3.63, 3.8) is 0 Å². The monoisotopic (exact) mass is 443 g/mol. The minimum absolute atomic E-state index is 0.0375. The summed E-state index contributed by atoms with van der Waals surface area (Å²) in [4.78, 5) is 24.2. The van der Waals surface area contributed by atoms with Gasteiger partial charge in [0.25, 0.3) is 10.0 Å². The molecule has 0 radical (unpaired) electrons. The highest BCUT2D eigenvalue weighted by Gasteiger charge is 2.18. The van der Waals surface area contributed by atoms with Crippen LogP contribution in [0.2, 0.25) is 0 Å². The van der Waals surface area contributed by atoms with Gasteiger partial charge in [-0.3, -0.25) is 9.52 Å². The van der Waals surface area contributed by atoms with E-state index in [2.05, 4.69) is 4.72 Å². The van der Waals surface area contributed by atoms with Gasteiger partial charge in [0.1, 0.15) is 11.6 Å². The van der Waals surface area contributed by atoms with Crippen LogP contribution in [-0.4, -0.2) is 33.9 Å². The number of benzene rings is 3. The molecule has 0 unspecified atom stereocenters. The number of methoxy groups -OCH3 is 1. The molecule has 3 aromatic rings. The Morgan fingerprint density at radius 2 is 1.61 bits per heavy atom. The lowest BCUT2D eigenvalue weighted by Gasteiger charge is -2.10. The van der Waals surface area contributed by atoms with Crippen molar-refractivity contribution in [1.29, 1.82) is 0 Å². The fraction of sp³-hybridized carbons (Fsp3) is 0.0909. The Labute approximate surface area is 178 Å². The van der Waals surface area contributed by atoms with Crippen LogP contribution in [0.1, 0.15) is 20.7 Å². The summed E-state index contributed by atoms with van der Waals surface area (Å²) < 4.78 is 50.6. The van der Waals surface area contributed by atoms with Gasteiger partial charge >= 0.3 is 5.97 Å². The van der Waals surface area contributed by atoms with Crippen LogP contribution in [0, 0.1) is 5.82 Å². The Kier molecular flexibility index (Phi) is 6.66. The maximum atomic E-state index is 12.9. The van der Waals surface area contributed by atoms with E-state index in [1.165, 1.54) is 49.6 Å². The zero-order valence-electron chi connectivity index (χ0n) is 16.4. The van der Waals surface area contributed by atoms with Gasteiger partial charge in [-0.25, -0.2) is 17.6 Å². The minimum atomic E-state index is -3.97. The second kappa shape index (κ2) is 9.40. The molecule has 0 aliphatic carbocycles. The highest BCUT2D eigenvalue weighted by molar-refractivity contribution is 7.92. The summed E-state index contributed by atoms with van der Waals surface area (Å²) in [6.45, 7) is -0.564. The fourth-order valence-electron chi connectivity index (χ4n) is 2.60. The number of hydrogen-bond donors (Lipinski definition) is 1. The predicted molar refractivity (Wildman–Crippen MR) is 111 cm³/mol. The Hall–Kier alpha value is -3.72. The number of halogens is 1. The van der Waals surface area contributed by atoms with Crippen LogP contribution < -0.4 is 9.46 Å². The van der Waals surface area contributed by atoms with Crippen LogP contribution in [0.15, 0.2) is 77.7 Å². The molecule has 3 rings (SSSR count). The van der Waals surface area contributed by atoms with Gasteiger partial charge in [-0.15, -0.1) is 0 Å². The SMILES string of the molecule is COc1ccc(NS(=O)(=O)c2cccc(C(=O)OCC(=O)c3ccc(F)cc3)c2)cc1. The molecule has 0 aromatic heterocycles. The van der Waals surface area contributed by atoms with Gasteiger partial charge in [0.15, 0.2) is 12.4 Å². The third-order valence-electron chi connectivity index (χ3n) is 4.22. The first-order valence-corrected chi connectivity index (χ1v) is 10.5. The van der Waals surface area contributed by atoms with E-state index in [1.807, 2.05) is 0 Å². The summed E-state index contributed by atoms with van der Waals surface area (Å²) in [6.07, 6.45) is 0. The van der Waals surface area contributed by atoms with Gasteiger partial charge < -0.3 is 9.47 Å². The largest absolute Gasteiger partial charge is 0.497 e. The lowest BCUT2D eigenvalue weighted by molar-refractivity contribution is 0.0474. The Morgan fingerprint density at radius 3 is 2.26 bits per heavy atom. The number of carbonyl (C=O) groups is 2. The molecule has 0 spiro atoms. The number of Topliss-reactive ketones (excluding diaryl/α,β-unsaturated/α-hetero) is 1. The summed E-state index contributed by atoms with van der Waals surface area (Å²) in [5.74, 6) is -1.30. The molecule has 3 aromatic carbocycles. The highest BCUT2D eigenvalue weighted by atomic mass is 32.2. The molecule has 0 saturated carbocycles. The fourth-order valence-corrected chi connectivity index (χ4v) is 3.70. The highest BCUT2D eigenvalue weighted by Crippen LogP contribution is 2.20. The van der Waals surface area contributed by atoms with E-state index in [0.29, 0.717) is 11.4 Å². The van der Waals surface area contributed by atoms with E-state index in [-0.39, 0.29) is 16.0 Å². The smallest absolute Gasteiger partial charge is 0.338 e. The van der Waals surface area contributed by atoms with Crippen molar-refractivity contribution < 1.29 is 31.9 Å². The summed E-state index contributed by atoms with van der Waals surface area (Å²) >= 11 is 0. The van der Waals surface area contributed by atoms with Crippen molar-refractivity contribution in [2.75, 3.05) is 18.4 Å². The van der Waals surface area contributed by atoms with Gasteiger partial charge in [0.2, 0.25) is 0 Å². The van der Waals surface area contributed by atoms with Crippen LogP contribution in [0.5, 0.6) is 5.75 Å². The number of esters is 1. The maximum absolute atomic E-state index is 12.9. The molecule has 31 heavy (non-hydrogen) atoms. The number of anilines is 1. The maximum Gasteiger partial charge on any atom is 0.338 e. The minimum Gasteiger partial charge on any atom is -0.497 e. The molecule has 160 valence electrons. The van der Waals surface area contributed by atoms with Gasteiger partial charge in [-0.05, 0) is 66.7 Å². The van der Waals surface area contributed by atoms with Crippen molar-refractivity contribution >= 4 is 27.5 Å². The van der Waals surface area contributed by atoms with Crippen LogP contribution in [0.3, 0.4) is 0 Å². The van der Waals surface area contributed by atoms with E-state index in [0.717, 1.165) is 18.2 Å². The van der Waals surface area contributed by atoms with Gasteiger partial charge in [0.05, 0.1) is 17.6 Å². The second-order valence-electron chi connectivity index (χ2n) is 6.37. The summed E-state index contributed by atoms with van der Waals surface area (Å²) in [7, 11) is -2.47. The molecule has 0 amide bonds. The molecular formula is C22H18FNO6S. The van der Waals surface area contributed by atoms with Crippen LogP contribution in [-0.2, 0) is 14.8 Å². The quantitative estimate of drug-likeness (QED) is 0.421. The van der Waals surface area contributed by atoms with E-state index in [1.54, 1.807) is 12.1 Å². The average Bonchev–Trinajstić information content (AvgIpc) is 2.78. The molecule has 0 saturated heterocycles. The number of carbonyl (C=O) groups excluding carboxylic acids is 2. The third kappa shape index (κ3) is 5.67. The number of hydrogen-bond acceptors (Lipinski definition) is 6. The zero-order chi connectivity index (χ0) is 22.4. The van der Waals surface area contributed by atoms with Gasteiger partial charge in [-0.2, -0.15) is 0 Å². The Morgan fingerprint density at radius 1 is 0.935 bits per heavy atom. The van der Waals surface area contributed by atoms with Crippen molar-refractivity contribution in [1.82, 2.24) is 0 Å². The first-order valence-electron chi connectivity index (χ1n) is 9.01. The van der Waals surface area contributed by atoms with E-state index in [4.69, 9.17) is 9.47 Å². The average molecular weight is 443 g/mol. The Balaban J connectivity index is 1.68. The molecule has 0 aliphatic heterocycles. The molecule has 0 heterocycles. The van der Waals surface area contributed by atoms with Gasteiger partial charge in [0, 0.05) is 11.3 Å². The van der Waals surface area contributed by atoms with Crippen LogP contribution >= 0.6 is 0 Å². The van der Waals surface area contributed by atoms with Crippen LogP contribution in [0.4, 0.5) is 10.1 Å². The van der Waals surface area contributed by atoms with E-state index in [9.17, 15) is 22.4 Å². The molecule has 0 atom stereocenters. The number of rotatable bonds is 8. The first kappa shape index (κ1) is 22.0. The molecule has 0 bridgehead atoms. The molecule has 7 nitrogen and oxygen atoms in total. The summed E-state index contributed by atoms with van der Waals surface area (Å²) in [5, 5.41) is 0. The van der Waals surface area contributed by atoms with Crippen LogP contribution in [0.25, 0.3) is 0 Å². The predicted octanol–water partition coefficient (Wildman–Crippen LogP) is 3.67. The van der Waals surface area contributed by atoms with Gasteiger partial charge in [-0.1, -0.05) is 6.07 Å². The topological polar surface area (TPSA) is 98.8 Å². The van der Waals surface area contributed by atoms with E-state index >= 15 is 0 Å². The van der Waals surface area contributed by atoms with E-state index < -0.39 is 34.2 Å². The number of ketones is 1. The second-order valence-corrected chi connectivity index (χ2v) is 8.05. The summed E-state index contributed by atoms with van der Waals surface area (Å²) in [6, 6.07) is 16.3. The van der Waals surface area contributed by atoms with Crippen molar-refractivity contribution in [2.24, 2.45) is 0 Å². The standard InChI is InChI=1S/C22H18FNO6S/c1-29-19-11-9-18(10-12-19)24-31(27,28)20-4-2-3-16(13-20)22(26)30-14-21(25)15-5-7-17(23)8-6-15/h2-13,24H,14H2,1H3. The van der Waals surface area contributed by atoms with Crippen molar-refractivity contribution in [3.05, 3.63) is 89.7 Å². The molecule has 0 fully saturated rings. The normalized spacial score (nSPS) is 10.9. The lowest BCUT2D eigenvalue weighted by atomic mass is 10.1. The first-order chi connectivity index (χ1) is 14.8. The summed E-state index contributed by atoms with van der Waals surface area (Å²) in [5.41, 5.74) is 0.470. The third-order valence-corrected chi connectivity index (χ3v) is 5.60. The number of ether oxygens (including phenoxy) is 2. The molecule has 0 aliphatic rings. The number of nitrogens with one attached hydrogen (secondary N) is 1. The zero-order valence-corrected chi connectivity index (χ0v) is 17.2.